The zero-order valence-electron chi connectivity index (χ0n) is 18.6. The minimum Gasteiger partial charge on any atom is -0.466 e. The first-order valence-electron chi connectivity index (χ1n) is 12.1. The van der Waals surface area contributed by atoms with E-state index in [4.69, 9.17) is 4.74 Å². The van der Waals surface area contributed by atoms with Crippen molar-refractivity contribution in [2.24, 2.45) is 40.4 Å². The van der Waals surface area contributed by atoms with Gasteiger partial charge in [-0.05, 0) is 105 Å². The van der Waals surface area contributed by atoms with E-state index in [0.29, 0.717) is 35.6 Å². The number of esters is 1. The van der Waals surface area contributed by atoms with Crippen LogP contribution in [0.4, 0.5) is 0 Å². The molecule has 3 unspecified atom stereocenters. The first kappa shape index (κ1) is 21.8. The van der Waals surface area contributed by atoms with Crippen LogP contribution in [0.5, 0.6) is 0 Å². The molecule has 8 atom stereocenters. The van der Waals surface area contributed by atoms with Gasteiger partial charge in [0.05, 0.1) is 11.4 Å². The summed E-state index contributed by atoms with van der Waals surface area (Å²) >= 11 is 3.79. The number of alkyl halides is 1. The normalized spacial score (nSPS) is 46.6. The highest BCUT2D eigenvalue weighted by atomic mass is 79.9. The van der Waals surface area contributed by atoms with Crippen molar-refractivity contribution in [3.8, 4) is 0 Å². The Balaban J connectivity index is 1.44. The van der Waals surface area contributed by atoms with Crippen molar-refractivity contribution in [1.82, 2.24) is 0 Å². The number of carbonyl (C=O) groups is 2. The average Bonchev–Trinajstić information content (AvgIpc) is 3.02. The van der Waals surface area contributed by atoms with Gasteiger partial charge in [0.2, 0.25) is 0 Å². The average molecular weight is 467 g/mol. The monoisotopic (exact) mass is 466 g/mol. The van der Waals surface area contributed by atoms with Crippen LogP contribution in [0.15, 0.2) is 0 Å². The number of carbonyl (C=O) groups excluding carboxylic acids is 2. The van der Waals surface area contributed by atoms with E-state index in [1.165, 1.54) is 44.9 Å². The number of hydrogen-bond donors (Lipinski definition) is 0. The van der Waals surface area contributed by atoms with Gasteiger partial charge in [-0.3, -0.25) is 9.59 Å². The molecule has 0 N–H and O–H groups in total. The van der Waals surface area contributed by atoms with Gasteiger partial charge < -0.3 is 4.74 Å². The highest BCUT2D eigenvalue weighted by Gasteiger charge is 2.61. The van der Waals surface area contributed by atoms with Gasteiger partial charge in [-0.15, -0.1) is 0 Å². The molecule has 4 aliphatic rings. The molecule has 4 saturated carbocycles. The lowest BCUT2D eigenvalue weighted by atomic mass is 9.44. The molecule has 0 aromatic heterocycles. The van der Waals surface area contributed by atoms with E-state index in [-0.39, 0.29) is 10.8 Å². The molecule has 29 heavy (non-hydrogen) atoms. The number of fused-ring (bicyclic) bond motifs is 5. The third kappa shape index (κ3) is 3.64. The van der Waals surface area contributed by atoms with Crippen LogP contribution in [0, 0.1) is 40.4 Å². The molecule has 4 heteroatoms. The van der Waals surface area contributed by atoms with Gasteiger partial charge in [0, 0.05) is 12.8 Å². The van der Waals surface area contributed by atoms with E-state index < -0.39 is 0 Å². The molecule has 0 spiro atoms. The molecular formula is C25H39BrO3. The van der Waals surface area contributed by atoms with Crippen LogP contribution >= 0.6 is 15.9 Å². The molecule has 0 aromatic rings. The minimum atomic E-state index is -0.0293. The summed E-state index contributed by atoms with van der Waals surface area (Å²) in [4.78, 5) is 24.2. The summed E-state index contributed by atoms with van der Waals surface area (Å²) in [7, 11) is 0. The highest BCUT2D eigenvalue weighted by Crippen LogP contribution is 2.68. The van der Waals surface area contributed by atoms with E-state index >= 15 is 0 Å². The Kier molecular flexibility index (Phi) is 6.23. The zero-order chi connectivity index (χ0) is 20.8. The molecule has 3 nitrogen and oxygen atoms in total. The maximum absolute atomic E-state index is 12.3. The summed E-state index contributed by atoms with van der Waals surface area (Å²) in [5.41, 5.74) is 0.797. The Morgan fingerprint density at radius 3 is 2.52 bits per heavy atom. The molecular weight excluding hydrogens is 428 g/mol. The minimum absolute atomic E-state index is 0.0293. The van der Waals surface area contributed by atoms with Crippen LogP contribution in [0.2, 0.25) is 0 Å². The molecule has 164 valence electrons. The van der Waals surface area contributed by atoms with E-state index in [0.717, 1.165) is 42.9 Å². The molecule has 4 rings (SSSR count). The van der Waals surface area contributed by atoms with Crippen molar-refractivity contribution in [1.29, 1.82) is 0 Å². The Labute approximate surface area is 185 Å². The van der Waals surface area contributed by atoms with Crippen molar-refractivity contribution < 1.29 is 14.3 Å². The zero-order valence-corrected chi connectivity index (χ0v) is 20.1. The van der Waals surface area contributed by atoms with E-state index in [2.05, 4.69) is 29.8 Å². The first-order chi connectivity index (χ1) is 13.8. The molecule has 0 bridgehead atoms. The SMILES string of the molecule is CCOC(=O)CCC[C@H]1CCC2C3CC[C@@H]4[C@H](Br)C(=O)CC[C@]4(C)C3CC[C@@]21C. The summed E-state index contributed by atoms with van der Waals surface area (Å²) in [6.45, 7) is 7.46. The molecule has 0 heterocycles. The number of ether oxygens (including phenoxy) is 1. The Morgan fingerprint density at radius 2 is 1.76 bits per heavy atom. The smallest absolute Gasteiger partial charge is 0.305 e. The molecule has 0 aliphatic heterocycles. The van der Waals surface area contributed by atoms with E-state index in [1.54, 1.807) is 0 Å². The molecule has 4 aliphatic carbocycles. The van der Waals surface area contributed by atoms with Crippen LogP contribution in [0.3, 0.4) is 0 Å². The maximum Gasteiger partial charge on any atom is 0.305 e. The van der Waals surface area contributed by atoms with Crippen LogP contribution in [-0.4, -0.2) is 23.2 Å². The number of hydrogen-bond acceptors (Lipinski definition) is 3. The fourth-order valence-electron chi connectivity index (χ4n) is 8.40. The molecule has 0 aromatic carbocycles. The van der Waals surface area contributed by atoms with Crippen LogP contribution in [-0.2, 0) is 14.3 Å². The van der Waals surface area contributed by atoms with Gasteiger partial charge in [0.15, 0.2) is 0 Å². The van der Waals surface area contributed by atoms with Crippen molar-refractivity contribution in [3.05, 3.63) is 0 Å². The van der Waals surface area contributed by atoms with E-state index in [1.807, 2.05) is 6.92 Å². The second-order valence-corrected chi connectivity index (χ2v) is 11.9. The fraction of sp³-hybridized carbons (Fsp3) is 0.920. The fourth-order valence-corrected chi connectivity index (χ4v) is 9.50. The lowest BCUT2D eigenvalue weighted by Gasteiger charge is -2.61. The second-order valence-electron chi connectivity index (χ2n) is 11.0. The van der Waals surface area contributed by atoms with E-state index in [9.17, 15) is 9.59 Å². The first-order valence-corrected chi connectivity index (χ1v) is 13.0. The molecule has 0 radical (unpaired) electrons. The number of rotatable bonds is 5. The van der Waals surface area contributed by atoms with Gasteiger partial charge in [0.25, 0.3) is 0 Å². The summed E-state index contributed by atoms with van der Waals surface area (Å²) in [5, 5.41) is 0. The van der Waals surface area contributed by atoms with Crippen molar-refractivity contribution in [2.45, 2.75) is 96.2 Å². The molecule has 0 saturated heterocycles. The van der Waals surface area contributed by atoms with Crippen molar-refractivity contribution >= 4 is 27.7 Å². The Hall–Kier alpha value is -0.380. The Bertz CT molecular complexity index is 648. The van der Waals surface area contributed by atoms with Gasteiger partial charge in [-0.2, -0.15) is 0 Å². The predicted octanol–water partition coefficient (Wildman–Crippen LogP) is 6.32. The number of Topliss-reactive ketones (excluding diaryl/α,β-unsaturated/α-hetero) is 1. The maximum atomic E-state index is 12.3. The van der Waals surface area contributed by atoms with Crippen molar-refractivity contribution in [2.75, 3.05) is 6.61 Å². The predicted molar refractivity (Wildman–Crippen MR) is 119 cm³/mol. The molecule has 4 fully saturated rings. The molecule has 0 amide bonds. The van der Waals surface area contributed by atoms with Gasteiger partial charge in [-0.25, -0.2) is 0 Å². The third-order valence-electron chi connectivity index (χ3n) is 9.95. The summed E-state index contributed by atoms with van der Waals surface area (Å²) in [5.74, 6) is 4.20. The standard InChI is InChI=1S/C25H39BrO3/c1-4-29-22(28)7-5-6-16-8-10-18-17-9-11-20-23(26)21(27)13-15-25(20,3)19(17)12-14-24(16,18)2/h16-20,23H,4-15H2,1-3H3/t16-,17?,18?,19?,20+,23-,24+,25+/m0/s1. The summed E-state index contributed by atoms with van der Waals surface area (Å²) < 4.78 is 5.12. The largest absolute Gasteiger partial charge is 0.466 e. The van der Waals surface area contributed by atoms with Crippen LogP contribution in [0.1, 0.15) is 91.4 Å². The highest BCUT2D eigenvalue weighted by molar-refractivity contribution is 9.10. The quantitative estimate of drug-likeness (QED) is 0.351. The van der Waals surface area contributed by atoms with Crippen LogP contribution < -0.4 is 0 Å². The van der Waals surface area contributed by atoms with Crippen LogP contribution in [0.25, 0.3) is 0 Å². The second kappa shape index (κ2) is 8.28. The number of ketones is 1. The summed E-state index contributed by atoms with van der Waals surface area (Å²) in [6, 6.07) is 0. The lowest BCUT2D eigenvalue weighted by Crippen LogP contribution is -2.56. The topological polar surface area (TPSA) is 43.4 Å². The number of halogens is 1. The Morgan fingerprint density at radius 1 is 1.03 bits per heavy atom. The van der Waals surface area contributed by atoms with Gasteiger partial charge in [0.1, 0.15) is 5.78 Å². The van der Waals surface area contributed by atoms with Gasteiger partial charge >= 0.3 is 5.97 Å². The summed E-state index contributed by atoms with van der Waals surface area (Å²) in [6.07, 6.45) is 12.5. The van der Waals surface area contributed by atoms with Gasteiger partial charge in [-0.1, -0.05) is 29.8 Å². The van der Waals surface area contributed by atoms with Crippen molar-refractivity contribution in [3.63, 3.8) is 0 Å². The third-order valence-corrected chi connectivity index (χ3v) is 11.1. The lowest BCUT2D eigenvalue weighted by molar-refractivity contribution is -0.143.